The van der Waals surface area contributed by atoms with Crippen LogP contribution in [0.5, 0.6) is 5.88 Å². The third-order valence-corrected chi connectivity index (χ3v) is 2.08. The van der Waals surface area contributed by atoms with Gasteiger partial charge in [-0.15, -0.1) is 0 Å². The quantitative estimate of drug-likeness (QED) is 0.756. The van der Waals surface area contributed by atoms with Gasteiger partial charge in [-0.25, -0.2) is 4.98 Å². The number of aromatic nitrogens is 1. The minimum absolute atomic E-state index is 0.0878. The number of carbonyl (C=O) groups is 1. The molecule has 0 bridgehead atoms. The molecule has 8 heteroatoms. The Hall–Kier alpha value is -1.83. The van der Waals surface area contributed by atoms with Crippen LogP contribution in [0, 0.1) is 0 Å². The molecule has 0 aromatic carbocycles. The van der Waals surface area contributed by atoms with Gasteiger partial charge in [0.25, 0.3) is 0 Å². The van der Waals surface area contributed by atoms with Crippen molar-refractivity contribution in [1.82, 2.24) is 15.6 Å². The van der Waals surface area contributed by atoms with Gasteiger partial charge in [0, 0.05) is 6.20 Å². The molecule has 0 aliphatic rings. The Morgan fingerprint density at radius 1 is 1.47 bits per heavy atom. The van der Waals surface area contributed by atoms with Crippen LogP contribution in [-0.2, 0) is 11.0 Å². The smallest absolute Gasteiger partial charge is 0.421 e. The van der Waals surface area contributed by atoms with Crippen molar-refractivity contribution in [3.63, 3.8) is 0 Å². The van der Waals surface area contributed by atoms with Crippen LogP contribution in [0.3, 0.4) is 0 Å². The zero-order valence-corrected chi connectivity index (χ0v) is 10.3. The zero-order chi connectivity index (χ0) is 14.3. The van der Waals surface area contributed by atoms with Crippen LogP contribution < -0.4 is 15.4 Å². The van der Waals surface area contributed by atoms with Crippen LogP contribution in [0.2, 0.25) is 0 Å². The van der Waals surface area contributed by atoms with Crippen molar-refractivity contribution < 1.29 is 22.7 Å². The first-order valence-corrected chi connectivity index (χ1v) is 5.51. The summed E-state index contributed by atoms with van der Waals surface area (Å²) >= 11 is 0. The molecular weight excluding hydrogens is 263 g/mol. The molecule has 0 spiro atoms. The highest BCUT2D eigenvalue weighted by Gasteiger charge is 2.34. The maximum Gasteiger partial charge on any atom is 0.421 e. The van der Waals surface area contributed by atoms with Gasteiger partial charge in [-0.1, -0.05) is 0 Å². The summed E-state index contributed by atoms with van der Waals surface area (Å²) in [7, 11) is 1.61. The Morgan fingerprint density at radius 3 is 2.84 bits per heavy atom. The number of hydrogen-bond acceptors (Lipinski definition) is 4. The number of pyridine rings is 1. The molecular formula is C11H14F3N3O2. The maximum atomic E-state index is 12.6. The molecule has 2 N–H and O–H groups in total. The fourth-order valence-electron chi connectivity index (χ4n) is 1.28. The van der Waals surface area contributed by atoms with Gasteiger partial charge in [0.05, 0.1) is 13.1 Å². The molecule has 0 radical (unpaired) electrons. The molecule has 0 saturated heterocycles. The minimum Gasteiger partial charge on any atom is -0.475 e. The van der Waals surface area contributed by atoms with Gasteiger partial charge in [-0.2, -0.15) is 13.2 Å². The molecule has 1 aromatic heterocycles. The largest absolute Gasteiger partial charge is 0.475 e. The summed E-state index contributed by atoms with van der Waals surface area (Å²) in [5.41, 5.74) is -0.934. The van der Waals surface area contributed by atoms with Crippen molar-refractivity contribution >= 4 is 5.91 Å². The van der Waals surface area contributed by atoms with Crippen LogP contribution in [0.4, 0.5) is 13.2 Å². The van der Waals surface area contributed by atoms with E-state index in [-0.39, 0.29) is 25.6 Å². The zero-order valence-electron chi connectivity index (χ0n) is 10.3. The SMILES string of the molecule is CNCC(=O)NCCOc1ncccc1C(F)(F)F. The van der Waals surface area contributed by atoms with Gasteiger partial charge in [0.1, 0.15) is 12.2 Å². The predicted octanol–water partition coefficient (Wildman–Crippen LogP) is 0.815. The van der Waals surface area contributed by atoms with Crippen LogP contribution in [0.25, 0.3) is 0 Å². The van der Waals surface area contributed by atoms with Crippen molar-refractivity contribution in [2.75, 3.05) is 26.7 Å². The Morgan fingerprint density at radius 2 is 2.21 bits per heavy atom. The number of hydrogen-bond donors (Lipinski definition) is 2. The molecule has 1 amide bonds. The molecule has 0 saturated carbocycles. The maximum absolute atomic E-state index is 12.6. The van der Waals surface area contributed by atoms with E-state index in [1.54, 1.807) is 7.05 Å². The third kappa shape index (κ3) is 5.12. The highest BCUT2D eigenvalue weighted by molar-refractivity contribution is 5.77. The van der Waals surface area contributed by atoms with E-state index >= 15 is 0 Å². The van der Waals surface area contributed by atoms with Crippen molar-refractivity contribution in [2.24, 2.45) is 0 Å². The predicted molar refractivity (Wildman–Crippen MR) is 61.7 cm³/mol. The lowest BCUT2D eigenvalue weighted by Crippen LogP contribution is -2.34. The molecule has 1 heterocycles. The van der Waals surface area contributed by atoms with Crippen molar-refractivity contribution in [3.05, 3.63) is 23.9 Å². The van der Waals surface area contributed by atoms with E-state index in [9.17, 15) is 18.0 Å². The van der Waals surface area contributed by atoms with Gasteiger partial charge in [-0.05, 0) is 19.2 Å². The number of halogens is 3. The molecule has 1 aromatic rings. The van der Waals surface area contributed by atoms with E-state index < -0.39 is 17.6 Å². The fourth-order valence-corrected chi connectivity index (χ4v) is 1.28. The standard InChI is InChI=1S/C11H14F3N3O2/c1-15-7-9(18)16-5-6-19-10-8(11(12,13)14)3-2-4-17-10/h2-4,15H,5-7H2,1H3,(H,16,18). The second kappa shape index (κ2) is 6.93. The number of amides is 1. The average Bonchev–Trinajstić information content (AvgIpc) is 2.34. The normalized spacial score (nSPS) is 11.2. The molecule has 106 valence electrons. The van der Waals surface area contributed by atoms with E-state index in [0.717, 1.165) is 6.07 Å². The van der Waals surface area contributed by atoms with Crippen molar-refractivity contribution in [1.29, 1.82) is 0 Å². The van der Waals surface area contributed by atoms with Gasteiger partial charge >= 0.3 is 6.18 Å². The van der Waals surface area contributed by atoms with Gasteiger partial charge in [-0.3, -0.25) is 4.79 Å². The minimum atomic E-state index is -4.51. The van der Waals surface area contributed by atoms with Crippen LogP contribution in [-0.4, -0.2) is 37.6 Å². The first-order chi connectivity index (χ1) is 8.95. The highest BCUT2D eigenvalue weighted by Crippen LogP contribution is 2.34. The molecule has 5 nitrogen and oxygen atoms in total. The van der Waals surface area contributed by atoms with Gasteiger partial charge in [0.15, 0.2) is 0 Å². The second-order valence-electron chi connectivity index (χ2n) is 3.58. The molecule has 0 unspecified atom stereocenters. The molecule has 1 rings (SSSR count). The first-order valence-electron chi connectivity index (χ1n) is 5.51. The lowest BCUT2D eigenvalue weighted by atomic mass is 10.2. The summed E-state index contributed by atoms with van der Waals surface area (Å²) < 4.78 is 42.7. The monoisotopic (exact) mass is 277 g/mol. The number of likely N-dealkylation sites (N-methyl/N-ethyl adjacent to an activating group) is 1. The molecule has 0 aliphatic heterocycles. The Balaban J connectivity index is 2.48. The van der Waals surface area contributed by atoms with Gasteiger partial charge in [0.2, 0.25) is 11.8 Å². The van der Waals surface area contributed by atoms with Crippen LogP contribution in [0.1, 0.15) is 5.56 Å². The molecule has 0 aliphatic carbocycles. The summed E-state index contributed by atoms with van der Waals surface area (Å²) in [6.45, 7) is 0.154. The first kappa shape index (κ1) is 15.2. The third-order valence-electron chi connectivity index (χ3n) is 2.08. The van der Waals surface area contributed by atoms with Crippen molar-refractivity contribution in [3.8, 4) is 5.88 Å². The second-order valence-corrected chi connectivity index (χ2v) is 3.58. The van der Waals surface area contributed by atoms with E-state index in [1.165, 1.54) is 12.3 Å². The summed E-state index contributed by atoms with van der Waals surface area (Å²) in [5, 5.41) is 5.12. The average molecular weight is 277 g/mol. The number of nitrogens with one attached hydrogen (secondary N) is 2. The van der Waals surface area contributed by atoms with Crippen molar-refractivity contribution in [2.45, 2.75) is 6.18 Å². The van der Waals surface area contributed by atoms with E-state index in [1.807, 2.05) is 0 Å². The highest BCUT2D eigenvalue weighted by atomic mass is 19.4. The topological polar surface area (TPSA) is 63.2 Å². The molecule has 0 fully saturated rings. The number of nitrogens with zero attached hydrogens (tertiary/aromatic N) is 1. The number of alkyl halides is 3. The Bertz CT molecular complexity index is 424. The summed E-state index contributed by atoms with van der Waals surface area (Å²) in [6.07, 6.45) is -3.30. The van der Waals surface area contributed by atoms with E-state index in [4.69, 9.17) is 4.74 Å². The lowest BCUT2D eigenvalue weighted by molar-refractivity contribution is -0.139. The summed E-state index contributed by atoms with van der Waals surface area (Å²) in [5.74, 6) is -0.749. The van der Waals surface area contributed by atoms with Crippen LogP contribution in [0.15, 0.2) is 18.3 Å². The number of rotatable bonds is 6. The fraction of sp³-hybridized carbons (Fsp3) is 0.455. The Labute approximate surface area is 108 Å². The molecule has 0 atom stereocenters. The van der Waals surface area contributed by atoms with E-state index in [2.05, 4.69) is 15.6 Å². The molecule has 19 heavy (non-hydrogen) atoms. The number of ether oxygens (including phenoxy) is 1. The number of carbonyl (C=O) groups excluding carboxylic acids is 1. The summed E-state index contributed by atoms with van der Waals surface area (Å²) in [4.78, 5) is 14.6. The lowest BCUT2D eigenvalue weighted by Gasteiger charge is -2.12. The van der Waals surface area contributed by atoms with Crippen LogP contribution >= 0.6 is 0 Å². The summed E-state index contributed by atoms with van der Waals surface area (Å²) in [6, 6.07) is 2.08. The van der Waals surface area contributed by atoms with Gasteiger partial charge < -0.3 is 15.4 Å². The van der Waals surface area contributed by atoms with E-state index in [0.29, 0.717) is 0 Å². The Kier molecular flexibility index (Phi) is 5.56.